The molecular weight excluding hydrogens is 513 g/mol. The third-order valence-electron chi connectivity index (χ3n) is 8.39. The number of alkyl halides is 3. The van der Waals surface area contributed by atoms with Gasteiger partial charge in [-0.2, -0.15) is 13.2 Å². The second kappa shape index (κ2) is 9.46. The van der Waals surface area contributed by atoms with Crippen LogP contribution in [0, 0.1) is 0 Å². The van der Waals surface area contributed by atoms with Crippen molar-refractivity contribution < 1.29 is 27.4 Å². The molecule has 3 fully saturated rings. The molecule has 6 heterocycles. The number of benzene rings is 1. The van der Waals surface area contributed by atoms with Gasteiger partial charge in [-0.3, -0.25) is 0 Å². The molecule has 0 spiro atoms. The van der Waals surface area contributed by atoms with Crippen molar-refractivity contribution in [2.75, 3.05) is 39.5 Å². The summed E-state index contributed by atoms with van der Waals surface area (Å²) >= 11 is 0. The van der Waals surface area contributed by atoms with E-state index in [-0.39, 0.29) is 35.3 Å². The third-order valence-corrected chi connectivity index (χ3v) is 8.39. The van der Waals surface area contributed by atoms with E-state index in [1.807, 2.05) is 21.9 Å². The monoisotopic (exact) mass is 542 g/mol. The summed E-state index contributed by atoms with van der Waals surface area (Å²) in [5.74, 6) is 0. The lowest BCUT2D eigenvalue weighted by atomic mass is 9.88. The number of aromatic nitrogens is 3. The van der Waals surface area contributed by atoms with Gasteiger partial charge >= 0.3 is 12.2 Å². The number of carbonyl (C=O) groups excluding carboxylic acids is 1. The smallest absolute Gasteiger partial charge is 0.378 e. The number of hydrogen-bond donors (Lipinski definition) is 2. The summed E-state index contributed by atoms with van der Waals surface area (Å²) < 4.78 is 52.1. The van der Waals surface area contributed by atoms with Crippen LogP contribution in [0.1, 0.15) is 41.1 Å². The number of nitrogens with zero attached hydrogens (tertiary/aromatic N) is 4. The lowest BCUT2D eigenvalue weighted by Crippen LogP contribution is -2.55. The van der Waals surface area contributed by atoms with Gasteiger partial charge in [0.2, 0.25) is 0 Å². The van der Waals surface area contributed by atoms with Crippen molar-refractivity contribution in [1.82, 2.24) is 30.1 Å². The molecule has 3 saturated heterocycles. The second-order valence-electron chi connectivity index (χ2n) is 10.7. The number of ether oxygens (including phenoxy) is 2. The molecule has 9 nitrogen and oxygen atoms in total. The normalized spacial score (nSPS) is 25.3. The predicted molar refractivity (Wildman–Crippen MR) is 135 cm³/mol. The van der Waals surface area contributed by atoms with E-state index in [1.165, 1.54) is 6.20 Å². The molecule has 3 aromatic rings. The number of aromatic amines is 1. The van der Waals surface area contributed by atoms with Gasteiger partial charge in [-0.15, -0.1) is 0 Å². The summed E-state index contributed by atoms with van der Waals surface area (Å²) in [7, 11) is 0. The number of halogens is 3. The van der Waals surface area contributed by atoms with Crippen molar-refractivity contribution in [3.63, 3.8) is 0 Å². The number of nitrogens with one attached hydrogen (secondary N) is 2. The van der Waals surface area contributed by atoms with Crippen molar-refractivity contribution in [2.45, 2.75) is 50.1 Å². The van der Waals surface area contributed by atoms with E-state index in [0.717, 1.165) is 35.7 Å². The molecule has 0 radical (unpaired) electrons. The summed E-state index contributed by atoms with van der Waals surface area (Å²) in [5.41, 5.74) is 3.25. The van der Waals surface area contributed by atoms with E-state index in [4.69, 9.17) is 9.47 Å². The summed E-state index contributed by atoms with van der Waals surface area (Å²) in [6, 6.07) is 4.18. The van der Waals surface area contributed by atoms with Crippen LogP contribution in [-0.2, 0) is 28.6 Å². The molecule has 2 unspecified atom stereocenters. The van der Waals surface area contributed by atoms with Gasteiger partial charge in [0.05, 0.1) is 56.4 Å². The highest BCUT2D eigenvalue weighted by molar-refractivity contribution is 5.79. The number of morpholine rings is 2. The van der Waals surface area contributed by atoms with Gasteiger partial charge in [0.1, 0.15) is 11.1 Å². The van der Waals surface area contributed by atoms with Crippen molar-refractivity contribution in [2.24, 2.45) is 0 Å². The molecule has 4 aliphatic heterocycles. The Labute approximate surface area is 222 Å². The molecule has 12 heteroatoms. The Hall–Kier alpha value is -3.22. The number of rotatable bonds is 2. The zero-order valence-electron chi connectivity index (χ0n) is 21.3. The van der Waals surface area contributed by atoms with Gasteiger partial charge in [-0.25, -0.2) is 14.8 Å². The van der Waals surface area contributed by atoms with E-state index < -0.39 is 11.7 Å². The molecule has 2 bridgehead atoms. The Morgan fingerprint density at radius 1 is 1.10 bits per heavy atom. The highest BCUT2D eigenvalue weighted by atomic mass is 19.4. The molecule has 2 aromatic heterocycles. The second-order valence-corrected chi connectivity index (χ2v) is 10.7. The number of amides is 2. The van der Waals surface area contributed by atoms with Crippen LogP contribution >= 0.6 is 0 Å². The molecule has 2 N–H and O–H groups in total. The molecule has 39 heavy (non-hydrogen) atoms. The lowest BCUT2D eigenvalue weighted by molar-refractivity contribution is -0.136. The molecule has 0 saturated carbocycles. The number of hydrogen-bond acceptors (Lipinski definition) is 6. The van der Waals surface area contributed by atoms with Gasteiger partial charge < -0.3 is 29.6 Å². The molecule has 1 aromatic carbocycles. The lowest BCUT2D eigenvalue weighted by Gasteiger charge is -2.40. The summed E-state index contributed by atoms with van der Waals surface area (Å²) in [6.45, 7) is 3.99. The number of carbonyl (C=O) groups is 1. The largest absolute Gasteiger partial charge is 0.420 e. The van der Waals surface area contributed by atoms with Crippen LogP contribution in [-0.4, -0.2) is 82.4 Å². The van der Waals surface area contributed by atoms with Crippen molar-refractivity contribution in [3.8, 4) is 11.3 Å². The topological polar surface area (TPSA) is 95.6 Å². The van der Waals surface area contributed by atoms with Crippen LogP contribution < -0.4 is 5.32 Å². The Morgan fingerprint density at radius 3 is 2.67 bits per heavy atom. The Balaban J connectivity index is 1.26. The highest BCUT2D eigenvalue weighted by Gasteiger charge is 2.43. The number of H-pyrrole nitrogens is 1. The van der Waals surface area contributed by atoms with Crippen LogP contribution in [0.25, 0.3) is 22.4 Å². The quantitative estimate of drug-likeness (QED) is 0.514. The Bertz CT molecular complexity index is 1400. The van der Waals surface area contributed by atoms with E-state index in [9.17, 15) is 18.0 Å². The average molecular weight is 543 g/mol. The maximum Gasteiger partial charge on any atom is 0.420 e. The van der Waals surface area contributed by atoms with Crippen molar-refractivity contribution >= 4 is 17.2 Å². The number of urea groups is 1. The van der Waals surface area contributed by atoms with Gasteiger partial charge in [-0.05, 0) is 48.1 Å². The van der Waals surface area contributed by atoms with E-state index in [1.54, 1.807) is 0 Å². The first-order valence-corrected chi connectivity index (χ1v) is 13.4. The predicted octanol–water partition coefficient (Wildman–Crippen LogP) is 3.65. The van der Waals surface area contributed by atoms with E-state index >= 15 is 0 Å². The maximum absolute atomic E-state index is 13.7. The zero-order valence-corrected chi connectivity index (χ0v) is 21.3. The first-order valence-electron chi connectivity index (χ1n) is 13.4. The first kappa shape index (κ1) is 24.8. The minimum atomic E-state index is -4.54. The average Bonchev–Trinajstić information content (AvgIpc) is 3.49. The fourth-order valence-electron chi connectivity index (χ4n) is 6.44. The highest BCUT2D eigenvalue weighted by Crippen LogP contribution is 2.37. The summed E-state index contributed by atoms with van der Waals surface area (Å²) in [6.07, 6.45) is 0.460. The molecule has 2 amide bonds. The molecular formula is C27H29F3N6O3. The fourth-order valence-corrected chi connectivity index (χ4v) is 6.44. The van der Waals surface area contributed by atoms with Crippen LogP contribution in [0.2, 0.25) is 0 Å². The standard InChI is InChI=1S/C27H29F3N6O3/c28-27(29,30)21-9-32-25-24(21)34-22(10-33-25)16-7-15-3-5-35(26(37)36-17-1-2-18(36)13-39-12-17)11-20(15)19(8-16)23-14-38-6-4-31-23/h7-10,17-18,23,31H,1-6,11-14H2,(H,32,33)/t17?,18?,23-/m0/s1. The van der Waals surface area contributed by atoms with Crippen LogP contribution in [0.3, 0.4) is 0 Å². The van der Waals surface area contributed by atoms with Crippen molar-refractivity contribution in [3.05, 3.63) is 46.8 Å². The van der Waals surface area contributed by atoms with E-state index in [0.29, 0.717) is 63.7 Å². The van der Waals surface area contributed by atoms with Crippen LogP contribution in [0.5, 0.6) is 0 Å². The molecule has 4 aliphatic rings. The maximum atomic E-state index is 13.7. The van der Waals surface area contributed by atoms with Crippen LogP contribution in [0.4, 0.5) is 18.0 Å². The zero-order chi connectivity index (χ0) is 26.7. The van der Waals surface area contributed by atoms with Gasteiger partial charge in [0, 0.05) is 31.4 Å². The molecule has 3 atom stereocenters. The van der Waals surface area contributed by atoms with Gasteiger partial charge in [-0.1, -0.05) is 0 Å². The Morgan fingerprint density at radius 2 is 1.92 bits per heavy atom. The van der Waals surface area contributed by atoms with Gasteiger partial charge in [0.25, 0.3) is 0 Å². The van der Waals surface area contributed by atoms with E-state index in [2.05, 4.69) is 20.3 Å². The summed E-state index contributed by atoms with van der Waals surface area (Å²) in [5, 5.41) is 3.51. The van der Waals surface area contributed by atoms with Gasteiger partial charge in [0.15, 0.2) is 5.65 Å². The molecule has 206 valence electrons. The number of fused-ring (bicyclic) bond motifs is 4. The summed E-state index contributed by atoms with van der Waals surface area (Å²) in [4.78, 5) is 28.8. The van der Waals surface area contributed by atoms with Crippen molar-refractivity contribution in [1.29, 1.82) is 0 Å². The third kappa shape index (κ3) is 4.34. The minimum absolute atomic E-state index is 0.0581. The Kier molecular flexibility index (Phi) is 6.01. The first-order chi connectivity index (χ1) is 18.9. The fraction of sp³-hybridized carbons (Fsp3) is 0.519. The minimum Gasteiger partial charge on any atom is -0.378 e. The molecule has 7 rings (SSSR count). The SMILES string of the molecule is O=C(N1CCc2cc(-c3cnc4[nH]cc(C(F)(F)F)c4n3)cc([C@@H]3COCCN3)c2C1)N1C2CCC1COC2. The molecule has 0 aliphatic carbocycles. The van der Waals surface area contributed by atoms with Crippen LogP contribution in [0.15, 0.2) is 24.5 Å².